The van der Waals surface area contributed by atoms with Crippen molar-refractivity contribution in [3.8, 4) is 0 Å². The van der Waals surface area contributed by atoms with Crippen LogP contribution in [-0.4, -0.2) is 37.1 Å². The number of nitrogens with zero attached hydrogens (tertiary/aromatic N) is 3. The van der Waals surface area contributed by atoms with E-state index in [1.807, 2.05) is 25.3 Å². The molecular formula is C18H19ClN4O. The molecule has 2 aromatic rings. The van der Waals surface area contributed by atoms with Gasteiger partial charge in [0.15, 0.2) is 0 Å². The Balaban J connectivity index is 1.68. The highest BCUT2D eigenvalue weighted by Gasteiger charge is 2.35. The van der Waals surface area contributed by atoms with E-state index in [-0.39, 0.29) is 11.9 Å². The number of pyridine rings is 1. The number of hydrogen-bond donors (Lipinski definition) is 1. The number of benzene rings is 1. The molecule has 2 aliphatic rings. The molecular weight excluding hydrogens is 324 g/mol. The van der Waals surface area contributed by atoms with Gasteiger partial charge in [-0.15, -0.1) is 0 Å². The van der Waals surface area contributed by atoms with Gasteiger partial charge in [0, 0.05) is 36.8 Å². The molecule has 0 bridgehead atoms. The van der Waals surface area contributed by atoms with Crippen molar-refractivity contribution in [2.24, 2.45) is 0 Å². The van der Waals surface area contributed by atoms with Crippen molar-refractivity contribution in [1.82, 2.24) is 10.3 Å². The molecule has 24 heavy (non-hydrogen) atoms. The molecule has 0 radical (unpaired) electrons. The van der Waals surface area contributed by atoms with Gasteiger partial charge in [-0.1, -0.05) is 11.6 Å². The first-order chi connectivity index (χ1) is 11.6. The standard InChI is InChI=1S/C18H19ClN4O/c1-12-17-8-13(19)2-3-16(17)18(24)23(12)15-9-14(10-21-11-15)22-6-4-20-5-7-22/h2-3,8-12,20H,4-7H2,1H3. The van der Waals surface area contributed by atoms with E-state index in [0.717, 1.165) is 48.7 Å². The number of aromatic nitrogens is 1. The van der Waals surface area contributed by atoms with Gasteiger partial charge in [-0.05, 0) is 36.8 Å². The Labute approximate surface area is 146 Å². The fourth-order valence-electron chi connectivity index (χ4n) is 3.50. The Hall–Kier alpha value is -2.11. The van der Waals surface area contributed by atoms with E-state index in [1.165, 1.54) is 0 Å². The van der Waals surface area contributed by atoms with Gasteiger partial charge in [0.05, 0.1) is 29.8 Å². The third kappa shape index (κ3) is 2.54. The number of rotatable bonds is 2. The summed E-state index contributed by atoms with van der Waals surface area (Å²) in [6.07, 6.45) is 3.62. The summed E-state index contributed by atoms with van der Waals surface area (Å²) >= 11 is 6.10. The minimum absolute atomic E-state index is 0.00780. The van der Waals surface area contributed by atoms with Gasteiger partial charge in [-0.2, -0.15) is 0 Å². The second-order valence-corrected chi connectivity index (χ2v) is 6.66. The molecule has 124 valence electrons. The fraction of sp³-hybridized carbons (Fsp3) is 0.333. The van der Waals surface area contributed by atoms with Crippen molar-refractivity contribution in [3.63, 3.8) is 0 Å². The molecule has 1 atom stereocenters. The topological polar surface area (TPSA) is 48.5 Å². The van der Waals surface area contributed by atoms with Crippen LogP contribution in [0.15, 0.2) is 36.7 Å². The maximum atomic E-state index is 12.8. The Bertz CT molecular complexity index is 788. The number of nitrogens with one attached hydrogen (secondary N) is 1. The molecule has 0 spiro atoms. The molecule has 0 saturated carbocycles. The number of carbonyl (C=O) groups is 1. The van der Waals surface area contributed by atoms with Crippen LogP contribution in [0.1, 0.15) is 28.9 Å². The van der Waals surface area contributed by atoms with Crippen LogP contribution in [0.4, 0.5) is 11.4 Å². The molecule has 1 amide bonds. The van der Waals surface area contributed by atoms with Gasteiger partial charge in [-0.25, -0.2) is 0 Å². The summed E-state index contributed by atoms with van der Waals surface area (Å²) in [7, 11) is 0. The van der Waals surface area contributed by atoms with Crippen molar-refractivity contribution in [3.05, 3.63) is 52.8 Å². The SMILES string of the molecule is CC1c2cc(Cl)ccc2C(=O)N1c1cncc(N2CCNCC2)c1. The number of piperazine rings is 1. The molecule has 1 aromatic carbocycles. The molecule has 3 heterocycles. The molecule has 5 nitrogen and oxygen atoms in total. The Morgan fingerprint density at radius 2 is 1.92 bits per heavy atom. The number of halogens is 1. The average molecular weight is 343 g/mol. The molecule has 1 unspecified atom stereocenters. The summed E-state index contributed by atoms with van der Waals surface area (Å²) in [4.78, 5) is 21.3. The first-order valence-electron chi connectivity index (χ1n) is 8.19. The smallest absolute Gasteiger partial charge is 0.259 e. The number of amides is 1. The Morgan fingerprint density at radius 3 is 2.71 bits per heavy atom. The fourth-order valence-corrected chi connectivity index (χ4v) is 3.68. The minimum atomic E-state index is -0.0497. The molecule has 4 rings (SSSR count). The third-order valence-corrected chi connectivity index (χ3v) is 5.00. The monoisotopic (exact) mass is 342 g/mol. The van der Waals surface area contributed by atoms with E-state index in [4.69, 9.17) is 11.6 Å². The van der Waals surface area contributed by atoms with Crippen LogP contribution in [0.25, 0.3) is 0 Å². The van der Waals surface area contributed by atoms with Crippen molar-refractivity contribution in [2.45, 2.75) is 13.0 Å². The molecule has 2 aliphatic heterocycles. The van der Waals surface area contributed by atoms with Gasteiger partial charge >= 0.3 is 0 Å². The maximum absolute atomic E-state index is 12.8. The lowest BCUT2D eigenvalue weighted by atomic mass is 10.1. The lowest BCUT2D eigenvalue weighted by Crippen LogP contribution is -2.43. The van der Waals surface area contributed by atoms with Crippen molar-refractivity contribution < 1.29 is 4.79 Å². The zero-order valence-corrected chi connectivity index (χ0v) is 14.3. The minimum Gasteiger partial charge on any atom is -0.368 e. The van der Waals surface area contributed by atoms with E-state index in [2.05, 4.69) is 21.3 Å². The highest BCUT2D eigenvalue weighted by atomic mass is 35.5. The van der Waals surface area contributed by atoms with Gasteiger partial charge in [-0.3, -0.25) is 14.7 Å². The van der Waals surface area contributed by atoms with E-state index in [1.54, 1.807) is 17.2 Å². The predicted molar refractivity (Wildman–Crippen MR) is 96.0 cm³/mol. The van der Waals surface area contributed by atoms with E-state index >= 15 is 0 Å². The largest absolute Gasteiger partial charge is 0.368 e. The average Bonchev–Trinajstić information content (AvgIpc) is 2.86. The summed E-state index contributed by atoms with van der Waals surface area (Å²) in [5.74, 6) is 0.00780. The molecule has 1 saturated heterocycles. The normalized spacial score (nSPS) is 20.4. The second kappa shape index (κ2) is 6.07. The Kier molecular flexibility index (Phi) is 3.90. The van der Waals surface area contributed by atoms with Crippen molar-refractivity contribution in [2.75, 3.05) is 36.0 Å². The molecule has 1 aromatic heterocycles. The van der Waals surface area contributed by atoms with Crippen molar-refractivity contribution in [1.29, 1.82) is 0 Å². The highest BCUT2D eigenvalue weighted by Crippen LogP contribution is 2.38. The highest BCUT2D eigenvalue weighted by molar-refractivity contribution is 6.31. The van der Waals surface area contributed by atoms with Crippen LogP contribution in [-0.2, 0) is 0 Å². The quantitative estimate of drug-likeness (QED) is 0.911. The van der Waals surface area contributed by atoms with E-state index in [0.29, 0.717) is 5.02 Å². The van der Waals surface area contributed by atoms with Crippen LogP contribution in [0.3, 0.4) is 0 Å². The summed E-state index contributed by atoms with van der Waals surface area (Å²) in [5.41, 5.74) is 3.58. The summed E-state index contributed by atoms with van der Waals surface area (Å²) < 4.78 is 0. The van der Waals surface area contributed by atoms with Crippen LogP contribution >= 0.6 is 11.6 Å². The number of fused-ring (bicyclic) bond motifs is 1. The number of carbonyl (C=O) groups excluding carboxylic acids is 1. The Morgan fingerprint density at radius 1 is 1.17 bits per heavy atom. The lowest BCUT2D eigenvalue weighted by molar-refractivity contribution is 0.0992. The zero-order valence-electron chi connectivity index (χ0n) is 13.5. The molecule has 1 N–H and O–H groups in total. The number of anilines is 2. The van der Waals surface area contributed by atoms with Gasteiger partial charge in [0.2, 0.25) is 0 Å². The van der Waals surface area contributed by atoms with Crippen LogP contribution in [0.5, 0.6) is 0 Å². The first-order valence-corrected chi connectivity index (χ1v) is 8.56. The van der Waals surface area contributed by atoms with E-state index in [9.17, 15) is 4.79 Å². The first kappa shape index (κ1) is 15.4. The predicted octanol–water partition coefficient (Wildman–Crippen LogP) is 2.87. The zero-order chi connectivity index (χ0) is 16.7. The number of hydrogen-bond acceptors (Lipinski definition) is 4. The maximum Gasteiger partial charge on any atom is 0.259 e. The van der Waals surface area contributed by atoms with Crippen molar-refractivity contribution >= 4 is 28.9 Å². The summed E-state index contributed by atoms with van der Waals surface area (Å²) in [6, 6.07) is 7.47. The van der Waals surface area contributed by atoms with Crippen LogP contribution in [0.2, 0.25) is 5.02 Å². The molecule has 0 aliphatic carbocycles. The molecule has 1 fully saturated rings. The summed E-state index contributed by atoms with van der Waals surface area (Å²) in [5, 5.41) is 4.00. The summed E-state index contributed by atoms with van der Waals surface area (Å²) in [6.45, 7) is 5.85. The third-order valence-electron chi connectivity index (χ3n) is 4.77. The second-order valence-electron chi connectivity index (χ2n) is 6.22. The van der Waals surface area contributed by atoms with Crippen LogP contribution < -0.4 is 15.1 Å². The lowest BCUT2D eigenvalue weighted by Gasteiger charge is -2.30. The van der Waals surface area contributed by atoms with Gasteiger partial charge < -0.3 is 10.2 Å². The molecule has 6 heteroatoms. The van der Waals surface area contributed by atoms with Crippen LogP contribution in [0, 0.1) is 0 Å². The van der Waals surface area contributed by atoms with E-state index < -0.39 is 0 Å². The van der Waals surface area contributed by atoms with Gasteiger partial charge in [0.1, 0.15) is 0 Å². The van der Waals surface area contributed by atoms with Gasteiger partial charge in [0.25, 0.3) is 5.91 Å².